The van der Waals surface area contributed by atoms with Gasteiger partial charge in [-0.1, -0.05) is 18.2 Å². The highest BCUT2D eigenvalue weighted by Gasteiger charge is 2.36. The number of aliphatic hydroxyl groups excluding tert-OH is 1. The highest BCUT2D eigenvalue weighted by atomic mass is 16.5. The summed E-state index contributed by atoms with van der Waals surface area (Å²) < 4.78 is 5.57. The van der Waals surface area contributed by atoms with E-state index in [9.17, 15) is 9.90 Å². The van der Waals surface area contributed by atoms with Gasteiger partial charge in [-0.05, 0) is 6.07 Å². The van der Waals surface area contributed by atoms with Gasteiger partial charge in [-0.15, -0.1) is 0 Å². The molecule has 0 aromatic heterocycles. The van der Waals surface area contributed by atoms with Gasteiger partial charge in [-0.2, -0.15) is 0 Å². The van der Waals surface area contributed by atoms with Crippen LogP contribution in [-0.4, -0.2) is 35.2 Å². The summed E-state index contributed by atoms with van der Waals surface area (Å²) >= 11 is 0. The molecule has 1 aromatic carbocycles. The van der Waals surface area contributed by atoms with Crippen LogP contribution in [0.2, 0.25) is 0 Å². The molecule has 0 aliphatic carbocycles. The van der Waals surface area contributed by atoms with Gasteiger partial charge in [-0.25, -0.2) is 0 Å². The quantitative estimate of drug-likeness (QED) is 0.790. The molecule has 90 valence electrons. The smallest absolute Gasteiger partial charge is 0.225 e. The van der Waals surface area contributed by atoms with E-state index in [1.165, 1.54) is 0 Å². The lowest BCUT2D eigenvalue weighted by Gasteiger charge is -2.33. The molecule has 0 bridgehead atoms. The third-order valence-electron chi connectivity index (χ3n) is 3.44. The molecule has 17 heavy (non-hydrogen) atoms. The van der Waals surface area contributed by atoms with E-state index in [4.69, 9.17) is 4.74 Å². The number of rotatable bonds is 1. The number of likely N-dealkylation sites (tertiary alicyclic amines) is 1. The van der Waals surface area contributed by atoms with Crippen LogP contribution in [0.25, 0.3) is 0 Å². The van der Waals surface area contributed by atoms with E-state index in [-0.39, 0.29) is 18.4 Å². The number of carbonyl (C=O) groups excluding carboxylic acids is 1. The minimum Gasteiger partial charge on any atom is -0.493 e. The molecular weight excluding hydrogens is 218 g/mol. The van der Waals surface area contributed by atoms with E-state index < -0.39 is 6.10 Å². The van der Waals surface area contributed by atoms with Crippen LogP contribution in [0.5, 0.6) is 5.75 Å². The van der Waals surface area contributed by atoms with Crippen LogP contribution in [0.1, 0.15) is 24.4 Å². The predicted molar refractivity (Wildman–Crippen MR) is 61.6 cm³/mol. The molecule has 0 spiro atoms. The maximum absolute atomic E-state index is 11.8. The van der Waals surface area contributed by atoms with Crippen molar-refractivity contribution >= 4 is 5.91 Å². The van der Waals surface area contributed by atoms with Gasteiger partial charge in [0.05, 0.1) is 25.2 Å². The number of aliphatic hydroxyl groups is 1. The summed E-state index contributed by atoms with van der Waals surface area (Å²) in [4.78, 5) is 13.6. The second-order valence-electron chi connectivity index (χ2n) is 4.59. The second-order valence-corrected chi connectivity index (χ2v) is 4.59. The van der Waals surface area contributed by atoms with Gasteiger partial charge in [0.1, 0.15) is 5.75 Å². The van der Waals surface area contributed by atoms with Crippen LogP contribution in [-0.2, 0) is 4.79 Å². The zero-order valence-electron chi connectivity index (χ0n) is 9.50. The number of hydrogen-bond acceptors (Lipinski definition) is 3. The van der Waals surface area contributed by atoms with E-state index in [1.807, 2.05) is 24.3 Å². The Balaban J connectivity index is 1.93. The van der Waals surface area contributed by atoms with Crippen LogP contribution in [0.15, 0.2) is 24.3 Å². The second kappa shape index (κ2) is 4.04. The number of ether oxygens (including phenoxy) is 1. The first-order valence-corrected chi connectivity index (χ1v) is 5.95. The molecule has 3 rings (SSSR count). The molecule has 1 saturated heterocycles. The van der Waals surface area contributed by atoms with Crippen LogP contribution >= 0.6 is 0 Å². The van der Waals surface area contributed by atoms with Crippen molar-refractivity contribution in [2.45, 2.75) is 25.0 Å². The van der Waals surface area contributed by atoms with Gasteiger partial charge >= 0.3 is 0 Å². The molecule has 4 heteroatoms. The zero-order chi connectivity index (χ0) is 11.8. The van der Waals surface area contributed by atoms with Gasteiger partial charge in [0, 0.05) is 18.5 Å². The standard InChI is InChI=1S/C13H15NO3/c15-9-7-13(16)14(8-9)11-5-6-17-12-4-2-1-3-10(11)12/h1-4,9,11,15H,5-8H2. The molecule has 0 saturated carbocycles. The summed E-state index contributed by atoms with van der Waals surface area (Å²) in [6, 6.07) is 7.87. The summed E-state index contributed by atoms with van der Waals surface area (Å²) in [5.41, 5.74) is 1.06. The van der Waals surface area contributed by atoms with Crippen molar-refractivity contribution < 1.29 is 14.6 Å². The largest absolute Gasteiger partial charge is 0.493 e. The minimum absolute atomic E-state index is 0.0409. The number of fused-ring (bicyclic) bond motifs is 1. The monoisotopic (exact) mass is 233 g/mol. The Morgan fingerprint density at radius 3 is 2.94 bits per heavy atom. The molecule has 1 amide bonds. The number of para-hydroxylation sites is 1. The molecule has 1 N–H and O–H groups in total. The van der Waals surface area contributed by atoms with Gasteiger partial charge < -0.3 is 14.7 Å². The first-order chi connectivity index (χ1) is 8.25. The summed E-state index contributed by atoms with van der Waals surface area (Å²) in [5.74, 6) is 0.900. The normalized spacial score (nSPS) is 27.8. The lowest BCUT2D eigenvalue weighted by Crippen LogP contribution is -2.34. The molecule has 2 aliphatic heterocycles. The van der Waals surface area contributed by atoms with E-state index in [1.54, 1.807) is 4.90 Å². The maximum Gasteiger partial charge on any atom is 0.225 e. The highest BCUT2D eigenvalue weighted by Crippen LogP contribution is 2.37. The van der Waals surface area contributed by atoms with Crippen LogP contribution in [0.4, 0.5) is 0 Å². The molecule has 2 aliphatic rings. The molecule has 4 nitrogen and oxygen atoms in total. The van der Waals surface area contributed by atoms with Crippen molar-refractivity contribution in [3.8, 4) is 5.75 Å². The van der Waals surface area contributed by atoms with Crippen molar-refractivity contribution in [2.75, 3.05) is 13.2 Å². The Kier molecular flexibility index (Phi) is 2.52. The molecule has 0 radical (unpaired) electrons. The fraction of sp³-hybridized carbons (Fsp3) is 0.462. The Labute approximate surface area is 99.8 Å². The minimum atomic E-state index is -0.516. The van der Waals surface area contributed by atoms with Gasteiger partial charge in [0.2, 0.25) is 5.91 Å². The van der Waals surface area contributed by atoms with Gasteiger partial charge in [0.15, 0.2) is 0 Å². The number of nitrogens with zero attached hydrogens (tertiary/aromatic N) is 1. The number of amides is 1. The molecule has 1 aromatic rings. The first kappa shape index (κ1) is 10.6. The zero-order valence-corrected chi connectivity index (χ0v) is 9.50. The van der Waals surface area contributed by atoms with Crippen molar-refractivity contribution in [3.05, 3.63) is 29.8 Å². The van der Waals surface area contributed by atoms with Crippen molar-refractivity contribution in [3.63, 3.8) is 0 Å². The van der Waals surface area contributed by atoms with E-state index in [0.29, 0.717) is 13.2 Å². The number of benzene rings is 1. The molecule has 1 fully saturated rings. The Bertz CT molecular complexity index is 446. The maximum atomic E-state index is 11.8. The Morgan fingerprint density at radius 1 is 1.35 bits per heavy atom. The summed E-state index contributed by atoms with van der Waals surface area (Å²) in [7, 11) is 0. The Morgan fingerprint density at radius 2 is 2.18 bits per heavy atom. The van der Waals surface area contributed by atoms with Gasteiger partial charge in [-0.3, -0.25) is 4.79 Å². The first-order valence-electron chi connectivity index (χ1n) is 5.95. The molecule has 2 atom stereocenters. The van der Waals surface area contributed by atoms with Crippen LogP contribution in [0, 0.1) is 0 Å². The van der Waals surface area contributed by atoms with Crippen molar-refractivity contribution in [2.24, 2.45) is 0 Å². The molecule has 2 heterocycles. The number of hydrogen-bond donors (Lipinski definition) is 1. The third kappa shape index (κ3) is 1.78. The lowest BCUT2D eigenvalue weighted by atomic mass is 9.99. The van der Waals surface area contributed by atoms with E-state index >= 15 is 0 Å². The lowest BCUT2D eigenvalue weighted by molar-refractivity contribution is -0.130. The predicted octanol–water partition coefficient (Wildman–Crippen LogP) is 1.10. The van der Waals surface area contributed by atoms with Crippen LogP contribution in [0.3, 0.4) is 0 Å². The topological polar surface area (TPSA) is 49.8 Å². The van der Waals surface area contributed by atoms with Crippen LogP contribution < -0.4 is 4.74 Å². The van der Waals surface area contributed by atoms with E-state index in [0.717, 1.165) is 17.7 Å². The average molecular weight is 233 g/mol. The fourth-order valence-corrected chi connectivity index (χ4v) is 2.66. The fourth-order valence-electron chi connectivity index (χ4n) is 2.66. The summed E-state index contributed by atoms with van der Waals surface area (Å²) in [6.07, 6.45) is 0.534. The third-order valence-corrected chi connectivity index (χ3v) is 3.44. The average Bonchev–Trinajstić information content (AvgIpc) is 2.68. The van der Waals surface area contributed by atoms with Gasteiger partial charge in [0.25, 0.3) is 0 Å². The summed E-state index contributed by atoms with van der Waals surface area (Å²) in [6.45, 7) is 1.07. The highest BCUT2D eigenvalue weighted by molar-refractivity contribution is 5.79. The summed E-state index contributed by atoms with van der Waals surface area (Å²) in [5, 5.41) is 9.55. The molecule has 2 unspecified atom stereocenters. The van der Waals surface area contributed by atoms with E-state index in [2.05, 4.69) is 0 Å². The number of β-amino-alcohol motifs (C(OH)–C–C–N with tert-alkyl or cyclic N) is 1. The Hall–Kier alpha value is -1.55. The molecular formula is C13H15NO3. The SMILES string of the molecule is O=C1CC(O)CN1C1CCOc2ccccc21. The van der Waals surface area contributed by atoms with Crippen molar-refractivity contribution in [1.82, 2.24) is 4.90 Å². The number of carbonyl (C=O) groups is 1. The van der Waals surface area contributed by atoms with Crippen molar-refractivity contribution in [1.29, 1.82) is 0 Å².